The lowest BCUT2D eigenvalue weighted by molar-refractivity contribution is -0.119. The highest BCUT2D eigenvalue weighted by molar-refractivity contribution is 6.30. The van der Waals surface area contributed by atoms with Gasteiger partial charge in [-0.05, 0) is 53.6 Å². The van der Waals surface area contributed by atoms with E-state index < -0.39 is 5.92 Å². The van der Waals surface area contributed by atoms with E-state index in [1.54, 1.807) is 24.3 Å². The highest BCUT2D eigenvalue weighted by Gasteiger charge is 2.36. The molecule has 1 N–H and O–H groups in total. The summed E-state index contributed by atoms with van der Waals surface area (Å²) >= 11 is 6.03. The first-order valence-corrected chi connectivity index (χ1v) is 11.7. The predicted molar refractivity (Wildman–Crippen MR) is 132 cm³/mol. The molecule has 1 amide bonds. The Morgan fingerprint density at radius 3 is 2.42 bits per heavy atom. The van der Waals surface area contributed by atoms with Gasteiger partial charge in [-0.1, -0.05) is 41.9 Å². The summed E-state index contributed by atoms with van der Waals surface area (Å²) in [4.78, 5) is 31.0. The number of nitrogens with zero attached hydrogens (tertiary/aromatic N) is 2. The van der Waals surface area contributed by atoms with Crippen molar-refractivity contribution in [2.45, 2.75) is 18.9 Å². The van der Waals surface area contributed by atoms with Crippen molar-refractivity contribution in [3.05, 3.63) is 94.5 Å². The molecule has 33 heavy (non-hydrogen) atoms. The first-order chi connectivity index (χ1) is 16.1. The summed E-state index contributed by atoms with van der Waals surface area (Å²) in [6.07, 6.45) is 0.159. The van der Waals surface area contributed by atoms with Crippen LogP contribution in [0.5, 0.6) is 0 Å². The van der Waals surface area contributed by atoms with Gasteiger partial charge in [0.15, 0.2) is 5.78 Å². The zero-order valence-electron chi connectivity index (χ0n) is 18.3. The molecule has 168 valence electrons. The summed E-state index contributed by atoms with van der Waals surface area (Å²) < 4.78 is 0. The van der Waals surface area contributed by atoms with Crippen LogP contribution in [-0.4, -0.2) is 37.9 Å². The van der Waals surface area contributed by atoms with Crippen LogP contribution in [-0.2, 0) is 11.3 Å². The topological polar surface area (TPSA) is 52.7 Å². The fourth-order valence-corrected chi connectivity index (χ4v) is 4.83. The molecule has 1 atom stereocenters. The van der Waals surface area contributed by atoms with Gasteiger partial charge in [-0.15, -0.1) is 0 Å². The number of nitrogens with one attached hydrogen (secondary N) is 1. The lowest BCUT2D eigenvalue weighted by Crippen LogP contribution is -2.44. The highest BCUT2D eigenvalue weighted by atomic mass is 35.5. The van der Waals surface area contributed by atoms with E-state index in [1.807, 2.05) is 41.3 Å². The maximum atomic E-state index is 13.5. The fourth-order valence-electron chi connectivity index (χ4n) is 4.70. The van der Waals surface area contributed by atoms with Gasteiger partial charge in [-0.25, -0.2) is 0 Å². The molecular formula is C27H26ClN3O2. The normalized spacial score (nSPS) is 18.2. The minimum absolute atomic E-state index is 0.0337. The number of anilines is 2. The van der Waals surface area contributed by atoms with Crippen molar-refractivity contribution in [2.24, 2.45) is 0 Å². The predicted octanol–water partition coefficient (Wildman–Crippen LogP) is 4.65. The van der Waals surface area contributed by atoms with Crippen molar-refractivity contribution >= 4 is 34.7 Å². The molecule has 0 aliphatic carbocycles. The summed E-state index contributed by atoms with van der Waals surface area (Å²) in [5.41, 5.74) is 4.47. The van der Waals surface area contributed by atoms with Gasteiger partial charge in [0.2, 0.25) is 5.91 Å². The molecule has 0 radical (unpaired) electrons. The molecule has 1 unspecified atom stereocenters. The first kappa shape index (κ1) is 21.7. The van der Waals surface area contributed by atoms with Crippen molar-refractivity contribution < 1.29 is 9.59 Å². The Balaban J connectivity index is 1.55. The summed E-state index contributed by atoms with van der Waals surface area (Å²) in [6, 6.07) is 23.1. The molecule has 0 spiro atoms. The zero-order chi connectivity index (χ0) is 22.8. The molecule has 5 nitrogen and oxygen atoms in total. The second-order valence-electron chi connectivity index (χ2n) is 8.57. The molecule has 6 heteroatoms. The minimum Gasteiger partial charge on any atom is -0.369 e. The van der Waals surface area contributed by atoms with Crippen molar-refractivity contribution in [1.29, 1.82) is 0 Å². The third kappa shape index (κ3) is 4.52. The zero-order valence-corrected chi connectivity index (χ0v) is 19.1. The van der Waals surface area contributed by atoms with Crippen LogP contribution >= 0.6 is 11.6 Å². The van der Waals surface area contributed by atoms with E-state index in [0.717, 1.165) is 48.7 Å². The van der Waals surface area contributed by atoms with E-state index in [1.165, 1.54) is 0 Å². The maximum Gasteiger partial charge on any atom is 0.228 e. The summed E-state index contributed by atoms with van der Waals surface area (Å²) in [6.45, 7) is 4.19. The van der Waals surface area contributed by atoms with E-state index in [2.05, 4.69) is 22.3 Å². The molecule has 2 heterocycles. The third-order valence-electron chi connectivity index (χ3n) is 6.47. The second-order valence-corrected chi connectivity index (χ2v) is 9.01. The van der Waals surface area contributed by atoms with Gasteiger partial charge in [-0.2, -0.15) is 0 Å². The Bertz CT molecular complexity index is 1160. The van der Waals surface area contributed by atoms with Crippen LogP contribution in [0, 0.1) is 0 Å². The average molecular weight is 460 g/mol. The number of hydrogen-bond acceptors (Lipinski definition) is 4. The molecule has 3 aromatic rings. The Hall–Kier alpha value is -3.15. The Morgan fingerprint density at radius 2 is 1.70 bits per heavy atom. The van der Waals surface area contributed by atoms with Crippen LogP contribution < -0.4 is 15.1 Å². The summed E-state index contributed by atoms with van der Waals surface area (Å²) in [5.74, 6) is -0.588. The van der Waals surface area contributed by atoms with Crippen LogP contribution in [0.25, 0.3) is 0 Å². The van der Waals surface area contributed by atoms with Crippen molar-refractivity contribution in [3.63, 3.8) is 0 Å². The van der Waals surface area contributed by atoms with Crippen LogP contribution in [0.15, 0.2) is 72.8 Å². The number of halogens is 1. The molecule has 0 aromatic heterocycles. The van der Waals surface area contributed by atoms with Gasteiger partial charge in [-0.3, -0.25) is 9.59 Å². The van der Waals surface area contributed by atoms with E-state index in [4.69, 9.17) is 11.6 Å². The van der Waals surface area contributed by atoms with Gasteiger partial charge < -0.3 is 15.1 Å². The van der Waals surface area contributed by atoms with Crippen LogP contribution in [0.1, 0.15) is 33.8 Å². The highest BCUT2D eigenvalue weighted by Crippen LogP contribution is 2.41. The molecule has 0 saturated carbocycles. The Kier molecular flexibility index (Phi) is 6.16. The third-order valence-corrected chi connectivity index (χ3v) is 6.72. The number of hydrogen-bond donors (Lipinski definition) is 1. The molecule has 2 aliphatic heterocycles. The molecule has 5 rings (SSSR count). The number of Topliss-reactive ketones (excluding diaryl/α,β-unsaturated/α-hetero) is 1. The standard InChI is InChI=1S/C27H26ClN3O2/c28-21-8-6-20(7-9-21)27(33)24-17-26(32)31(18-19-4-2-1-3-5-19)25-11-10-22(16-23(24)25)30-14-12-29-13-15-30/h1-11,16,24,29H,12-15,17-18H2. The second kappa shape index (κ2) is 9.38. The number of amides is 1. The lowest BCUT2D eigenvalue weighted by Gasteiger charge is -2.36. The van der Waals surface area contributed by atoms with Crippen LogP contribution in [0.2, 0.25) is 5.02 Å². The molecule has 1 saturated heterocycles. The van der Waals surface area contributed by atoms with Crippen molar-refractivity contribution in [2.75, 3.05) is 36.0 Å². The molecule has 1 fully saturated rings. The molecule has 3 aromatic carbocycles. The summed E-state index contributed by atoms with van der Waals surface area (Å²) in [5, 5.41) is 3.97. The smallest absolute Gasteiger partial charge is 0.228 e. The van der Waals surface area contributed by atoms with E-state index >= 15 is 0 Å². The number of fused-ring (bicyclic) bond motifs is 1. The van der Waals surface area contributed by atoms with E-state index in [0.29, 0.717) is 17.1 Å². The first-order valence-electron chi connectivity index (χ1n) is 11.3. The molecule has 2 aliphatic rings. The number of carbonyl (C=O) groups excluding carboxylic acids is 2. The number of rotatable bonds is 5. The number of carbonyl (C=O) groups is 2. The van der Waals surface area contributed by atoms with Gasteiger partial charge in [0.05, 0.1) is 12.5 Å². The average Bonchev–Trinajstić information content (AvgIpc) is 2.86. The van der Waals surface area contributed by atoms with Gasteiger partial charge in [0, 0.05) is 54.6 Å². The monoisotopic (exact) mass is 459 g/mol. The number of ketones is 1. The van der Waals surface area contributed by atoms with Crippen molar-refractivity contribution in [1.82, 2.24) is 5.32 Å². The SMILES string of the molecule is O=C(c1ccc(Cl)cc1)C1CC(=O)N(Cc2ccccc2)c2ccc(N3CCNCC3)cc21. The van der Waals surface area contributed by atoms with E-state index in [9.17, 15) is 9.59 Å². The van der Waals surface area contributed by atoms with Gasteiger partial charge >= 0.3 is 0 Å². The number of piperazine rings is 1. The lowest BCUT2D eigenvalue weighted by atomic mass is 9.83. The molecule has 0 bridgehead atoms. The van der Waals surface area contributed by atoms with Crippen LogP contribution in [0.4, 0.5) is 11.4 Å². The quantitative estimate of drug-likeness (QED) is 0.564. The van der Waals surface area contributed by atoms with Crippen molar-refractivity contribution in [3.8, 4) is 0 Å². The fraction of sp³-hybridized carbons (Fsp3) is 0.259. The van der Waals surface area contributed by atoms with E-state index in [-0.39, 0.29) is 18.1 Å². The van der Waals surface area contributed by atoms with Crippen LogP contribution in [0.3, 0.4) is 0 Å². The largest absolute Gasteiger partial charge is 0.369 e. The Morgan fingerprint density at radius 1 is 0.970 bits per heavy atom. The number of benzene rings is 3. The van der Waals surface area contributed by atoms with Gasteiger partial charge in [0.25, 0.3) is 0 Å². The summed E-state index contributed by atoms with van der Waals surface area (Å²) in [7, 11) is 0. The minimum atomic E-state index is -0.511. The molecular weight excluding hydrogens is 434 g/mol. The van der Waals surface area contributed by atoms with Gasteiger partial charge in [0.1, 0.15) is 0 Å². The maximum absolute atomic E-state index is 13.5. The Labute approximate surface area is 199 Å².